The predicted octanol–water partition coefficient (Wildman–Crippen LogP) is 4.27. The van der Waals surface area contributed by atoms with E-state index < -0.39 is 5.60 Å². The van der Waals surface area contributed by atoms with Crippen LogP contribution in [0.2, 0.25) is 0 Å². The molecule has 2 bridgehead atoms. The first kappa shape index (κ1) is 14.9. The van der Waals surface area contributed by atoms with Crippen molar-refractivity contribution >= 4 is 5.78 Å². The van der Waals surface area contributed by atoms with Crippen LogP contribution in [0.5, 0.6) is 0 Å². The second-order valence-electron chi connectivity index (χ2n) is 9.62. The zero-order valence-corrected chi connectivity index (χ0v) is 14.5. The number of ketones is 1. The average Bonchev–Trinajstić information content (AvgIpc) is 2.56. The third-order valence-corrected chi connectivity index (χ3v) is 8.16. The third-order valence-electron chi connectivity index (χ3n) is 8.16. The molecule has 0 unspecified atom stereocenters. The van der Waals surface area contributed by atoms with Gasteiger partial charge in [0.15, 0.2) is 0 Å². The van der Waals surface area contributed by atoms with E-state index >= 15 is 0 Å². The van der Waals surface area contributed by atoms with Gasteiger partial charge in [-0.2, -0.15) is 0 Å². The summed E-state index contributed by atoms with van der Waals surface area (Å²) in [6, 6.07) is 0. The van der Waals surface area contributed by atoms with Crippen LogP contribution in [-0.2, 0) is 4.79 Å². The second kappa shape index (κ2) is 4.06. The summed E-state index contributed by atoms with van der Waals surface area (Å²) in [6.45, 7) is 9.22. The Morgan fingerprint density at radius 3 is 2.64 bits per heavy atom. The van der Waals surface area contributed by atoms with Crippen molar-refractivity contribution in [2.45, 2.75) is 78.2 Å². The largest absolute Gasteiger partial charge is 0.389 e. The molecule has 0 aromatic heterocycles. The molecule has 5 atom stereocenters. The average molecular weight is 302 g/mol. The smallest absolute Gasteiger partial charge is 0.148 e. The van der Waals surface area contributed by atoms with Crippen LogP contribution in [0.15, 0.2) is 11.6 Å². The Hall–Kier alpha value is -0.630. The summed E-state index contributed by atoms with van der Waals surface area (Å²) < 4.78 is 0. The van der Waals surface area contributed by atoms with Crippen LogP contribution >= 0.6 is 0 Å². The van der Waals surface area contributed by atoms with Gasteiger partial charge in [-0.15, -0.1) is 0 Å². The topological polar surface area (TPSA) is 37.3 Å². The van der Waals surface area contributed by atoms with E-state index in [0.29, 0.717) is 30.0 Å². The highest BCUT2D eigenvalue weighted by Crippen LogP contribution is 2.70. The summed E-state index contributed by atoms with van der Waals surface area (Å²) in [4.78, 5) is 13.1. The molecule has 4 rings (SSSR count). The van der Waals surface area contributed by atoms with Gasteiger partial charge in [-0.05, 0) is 55.3 Å². The van der Waals surface area contributed by atoms with Crippen molar-refractivity contribution in [2.24, 2.45) is 28.1 Å². The van der Waals surface area contributed by atoms with Crippen molar-refractivity contribution in [2.75, 3.05) is 0 Å². The molecule has 0 aromatic carbocycles. The zero-order chi connectivity index (χ0) is 16.0. The number of carbonyl (C=O) groups excluding carboxylic acids is 1. The highest BCUT2D eigenvalue weighted by atomic mass is 16.3. The van der Waals surface area contributed by atoms with Crippen LogP contribution in [-0.4, -0.2) is 16.5 Å². The van der Waals surface area contributed by atoms with Crippen LogP contribution in [0.25, 0.3) is 0 Å². The molecular formula is C20H30O2. The quantitative estimate of drug-likeness (QED) is 0.679. The lowest BCUT2D eigenvalue weighted by atomic mass is 9.44. The van der Waals surface area contributed by atoms with Crippen molar-refractivity contribution in [3.05, 3.63) is 11.6 Å². The Kier molecular flexibility index (Phi) is 2.76. The zero-order valence-electron chi connectivity index (χ0n) is 14.5. The third kappa shape index (κ3) is 1.53. The van der Waals surface area contributed by atoms with Gasteiger partial charge in [0.1, 0.15) is 5.78 Å². The summed E-state index contributed by atoms with van der Waals surface area (Å²) in [6.07, 6.45) is 9.56. The first-order valence-corrected chi connectivity index (χ1v) is 9.14. The number of hydrogen-bond donors (Lipinski definition) is 1. The lowest BCUT2D eigenvalue weighted by Crippen LogP contribution is -2.53. The van der Waals surface area contributed by atoms with Crippen LogP contribution in [0.3, 0.4) is 0 Å². The van der Waals surface area contributed by atoms with Gasteiger partial charge < -0.3 is 5.11 Å². The Balaban J connectivity index is 1.85. The molecule has 0 radical (unpaired) electrons. The molecule has 1 spiro atoms. The molecule has 22 heavy (non-hydrogen) atoms. The van der Waals surface area contributed by atoms with Crippen LogP contribution in [0, 0.1) is 28.1 Å². The van der Waals surface area contributed by atoms with Gasteiger partial charge in [0.05, 0.1) is 11.0 Å². The van der Waals surface area contributed by atoms with Crippen molar-refractivity contribution in [3.63, 3.8) is 0 Å². The van der Waals surface area contributed by atoms with E-state index in [1.807, 2.05) is 6.92 Å². The van der Waals surface area contributed by atoms with E-state index in [9.17, 15) is 9.90 Å². The minimum atomic E-state index is -0.770. The molecule has 122 valence electrons. The first-order chi connectivity index (χ1) is 10.2. The van der Waals surface area contributed by atoms with E-state index in [1.165, 1.54) is 24.8 Å². The Morgan fingerprint density at radius 2 is 1.91 bits per heavy atom. The number of Topliss-reactive ketones (excluding diaryl/α,β-unsaturated/α-hetero) is 1. The standard InChI is InChI=1S/C20H30O2/c1-13-16(21)19-10-6-14-17(2,3)8-5-9-18(14,4)15(19)7-11-20(13,22)12-19/h7,13-14,22H,5-6,8-12H2,1-4H3/t13-,14+,18+,19+,20-/m0/s1. The number of aliphatic hydroxyl groups is 1. The van der Waals surface area contributed by atoms with Gasteiger partial charge in [-0.1, -0.05) is 45.8 Å². The van der Waals surface area contributed by atoms with Crippen LogP contribution in [0.1, 0.15) is 72.6 Å². The van der Waals surface area contributed by atoms with E-state index in [2.05, 4.69) is 26.8 Å². The van der Waals surface area contributed by atoms with Crippen molar-refractivity contribution < 1.29 is 9.90 Å². The van der Waals surface area contributed by atoms with E-state index in [0.717, 1.165) is 12.8 Å². The molecule has 4 aliphatic rings. The number of fused-ring (bicyclic) bond motifs is 3. The molecule has 0 amide bonds. The number of hydrogen-bond acceptors (Lipinski definition) is 2. The minimum absolute atomic E-state index is 0.168. The molecular weight excluding hydrogens is 272 g/mol. The monoisotopic (exact) mass is 302 g/mol. The van der Waals surface area contributed by atoms with E-state index in [1.54, 1.807) is 0 Å². The molecule has 3 fully saturated rings. The van der Waals surface area contributed by atoms with Gasteiger partial charge in [0.2, 0.25) is 0 Å². The molecule has 2 heteroatoms. The lowest BCUT2D eigenvalue weighted by Gasteiger charge is -2.60. The molecule has 0 aliphatic heterocycles. The molecule has 2 nitrogen and oxygen atoms in total. The number of rotatable bonds is 0. The fraction of sp³-hybridized carbons (Fsp3) is 0.850. The fourth-order valence-electron chi connectivity index (χ4n) is 7.04. The normalized spacial score (nSPS) is 52.8. The predicted molar refractivity (Wildman–Crippen MR) is 87.3 cm³/mol. The van der Waals surface area contributed by atoms with E-state index in [4.69, 9.17) is 0 Å². The van der Waals surface area contributed by atoms with Crippen LogP contribution < -0.4 is 0 Å². The SMILES string of the molecule is C[C@H]1C(=O)[C@@]23CC[C@@H]4C(C)(C)CCC[C@@]4(C)C2=CC[C@]1(O)C3. The summed E-state index contributed by atoms with van der Waals surface area (Å²) in [7, 11) is 0. The summed E-state index contributed by atoms with van der Waals surface area (Å²) in [5.74, 6) is 0.820. The molecule has 0 saturated heterocycles. The van der Waals surface area contributed by atoms with Gasteiger partial charge >= 0.3 is 0 Å². The maximum absolute atomic E-state index is 13.1. The van der Waals surface area contributed by atoms with Crippen molar-refractivity contribution in [1.29, 1.82) is 0 Å². The Morgan fingerprint density at radius 1 is 1.18 bits per heavy atom. The first-order valence-electron chi connectivity index (χ1n) is 9.14. The van der Waals surface area contributed by atoms with Crippen LogP contribution in [0.4, 0.5) is 0 Å². The molecule has 3 saturated carbocycles. The van der Waals surface area contributed by atoms with Gasteiger partial charge in [0.25, 0.3) is 0 Å². The maximum atomic E-state index is 13.1. The molecule has 1 N–H and O–H groups in total. The van der Waals surface area contributed by atoms with Gasteiger partial charge in [-0.25, -0.2) is 0 Å². The number of allylic oxidation sites excluding steroid dienone is 1. The maximum Gasteiger partial charge on any atom is 0.148 e. The van der Waals surface area contributed by atoms with Crippen molar-refractivity contribution in [3.8, 4) is 0 Å². The summed E-state index contributed by atoms with van der Waals surface area (Å²) >= 11 is 0. The Bertz CT molecular complexity index is 574. The lowest BCUT2D eigenvalue weighted by molar-refractivity contribution is -0.131. The van der Waals surface area contributed by atoms with E-state index in [-0.39, 0.29) is 16.7 Å². The van der Waals surface area contributed by atoms with Gasteiger partial charge in [0, 0.05) is 5.92 Å². The molecule has 0 aromatic rings. The molecule has 0 heterocycles. The summed E-state index contributed by atoms with van der Waals surface area (Å²) in [5.41, 5.74) is 0.861. The van der Waals surface area contributed by atoms with Crippen molar-refractivity contribution in [1.82, 2.24) is 0 Å². The highest BCUT2D eigenvalue weighted by molar-refractivity contribution is 5.94. The Labute approximate surface area is 134 Å². The second-order valence-corrected chi connectivity index (χ2v) is 9.62. The number of carbonyl (C=O) groups is 1. The highest BCUT2D eigenvalue weighted by Gasteiger charge is 2.67. The van der Waals surface area contributed by atoms with Gasteiger partial charge in [-0.3, -0.25) is 4.79 Å². The fourth-order valence-corrected chi connectivity index (χ4v) is 7.04. The molecule has 4 aliphatic carbocycles. The minimum Gasteiger partial charge on any atom is -0.389 e. The summed E-state index contributed by atoms with van der Waals surface area (Å²) in [5, 5.41) is 10.9.